The van der Waals surface area contributed by atoms with Gasteiger partial charge in [0.1, 0.15) is 0 Å². The van der Waals surface area contributed by atoms with E-state index in [2.05, 4.69) is 0 Å². The molecule has 0 saturated carbocycles. The minimum Gasteiger partial charge on any atom is -0.550 e. The van der Waals surface area contributed by atoms with Crippen LogP contribution in [0.25, 0.3) is 0 Å². The lowest BCUT2D eigenvalue weighted by Gasteiger charge is -2.18. The van der Waals surface area contributed by atoms with Gasteiger partial charge in [0, 0.05) is 29.7 Å². The highest BCUT2D eigenvalue weighted by Gasteiger charge is 2.32. The van der Waals surface area contributed by atoms with E-state index in [1.165, 1.54) is 0 Å². The Hall–Kier alpha value is -2.62. The Balaban J connectivity index is 1.88. The Labute approximate surface area is 129 Å². The maximum atomic E-state index is 12.7. The van der Waals surface area contributed by atoms with Gasteiger partial charge in [0.05, 0.1) is 0 Å². The Kier molecular flexibility index (Phi) is 3.92. The van der Waals surface area contributed by atoms with Crippen LogP contribution in [0.5, 0.6) is 0 Å². The molecular formula is C18H16NO3-. The van der Waals surface area contributed by atoms with Gasteiger partial charge in [0.2, 0.25) is 0 Å². The molecule has 3 rings (SSSR count). The van der Waals surface area contributed by atoms with Crippen LogP contribution in [0.3, 0.4) is 0 Å². The molecule has 1 amide bonds. The van der Waals surface area contributed by atoms with Gasteiger partial charge in [0.25, 0.3) is 5.91 Å². The van der Waals surface area contributed by atoms with E-state index in [1.807, 2.05) is 42.5 Å². The molecule has 4 heteroatoms. The zero-order valence-electron chi connectivity index (χ0n) is 12.1. The standard InChI is InChI=1S/C18H17NO3/c20-17(21)11-10-14-12-19(16-9-5-4-8-15(14)16)18(22)13-6-2-1-3-7-13/h1-9,14H,10-12H2,(H,20,21)/p-1/t14-/m0/s1. The van der Waals surface area contributed by atoms with Crippen LogP contribution in [0.1, 0.15) is 34.7 Å². The number of hydrogen-bond acceptors (Lipinski definition) is 3. The van der Waals surface area contributed by atoms with E-state index in [0.717, 1.165) is 11.3 Å². The minimum atomic E-state index is -1.05. The fourth-order valence-corrected chi connectivity index (χ4v) is 2.96. The Morgan fingerprint density at radius 2 is 1.73 bits per heavy atom. The number of rotatable bonds is 4. The number of nitrogens with zero attached hydrogens (tertiary/aromatic N) is 1. The molecule has 1 heterocycles. The molecule has 0 N–H and O–H groups in total. The minimum absolute atomic E-state index is 0.00632. The third-order valence-electron chi connectivity index (χ3n) is 4.03. The lowest BCUT2D eigenvalue weighted by Crippen LogP contribution is -2.30. The summed E-state index contributed by atoms with van der Waals surface area (Å²) >= 11 is 0. The summed E-state index contributed by atoms with van der Waals surface area (Å²) in [5.41, 5.74) is 2.55. The molecule has 0 unspecified atom stereocenters. The average molecular weight is 294 g/mol. The fraction of sp³-hybridized carbons (Fsp3) is 0.222. The summed E-state index contributed by atoms with van der Waals surface area (Å²) < 4.78 is 0. The van der Waals surface area contributed by atoms with Crippen molar-refractivity contribution in [3.8, 4) is 0 Å². The number of fused-ring (bicyclic) bond motifs is 1. The van der Waals surface area contributed by atoms with Gasteiger partial charge in [-0.3, -0.25) is 4.79 Å². The fourth-order valence-electron chi connectivity index (χ4n) is 2.96. The normalized spacial score (nSPS) is 16.4. The topological polar surface area (TPSA) is 60.4 Å². The smallest absolute Gasteiger partial charge is 0.258 e. The van der Waals surface area contributed by atoms with Gasteiger partial charge in [-0.2, -0.15) is 0 Å². The van der Waals surface area contributed by atoms with E-state index in [-0.39, 0.29) is 18.2 Å². The van der Waals surface area contributed by atoms with Crippen molar-refractivity contribution in [1.29, 1.82) is 0 Å². The summed E-state index contributed by atoms with van der Waals surface area (Å²) in [5, 5.41) is 10.7. The molecule has 0 aromatic heterocycles. The molecule has 2 aromatic carbocycles. The number of carboxylic acid groups (broad SMARTS) is 1. The van der Waals surface area contributed by atoms with Crippen LogP contribution in [0, 0.1) is 0 Å². The molecule has 2 aromatic rings. The molecule has 0 radical (unpaired) electrons. The number of carboxylic acids is 1. The van der Waals surface area contributed by atoms with Crippen molar-refractivity contribution in [2.45, 2.75) is 18.8 Å². The Morgan fingerprint density at radius 3 is 2.45 bits per heavy atom. The summed E-state index contributed by atoms with van der Waals surface area (Å²) in [7, 11) is 0. The molecule has 0 fully saturated rings. The lowest BCUT2D eigenvalue weighted by molar-refractivity contribution is -0.305. The zero-order chi connectivity index (χ0) is 15.5. The van der Waals surface area contributed by atoms with Crippen LogP contribution < -0.4 is 10.0 Å². The van der Waals surface area contributed by atoms with Gasteiger partial charge in [-0.15, -0.1) is 0 Å². The van der Waals surface area contributed by atoms with Crippen molar-refractivity contribution < 1.29 is 14.7 Å². The second-order valence-corrected chi connectivity index (χ2v) is 5.45. The molecule has 1 atom stereocenters. The van der Waals surface area contributed by atoms with Crippen molar-refractivity contribution in [1.82, 2.24) is 0 Å². The molecule has 4 nitrogen and oxygen atoms in total. The molecule has 0 spiro atoms. The van der Waals surface area contributed by atoms with Crippen LogP contribution in [-0.2, 0) is 4.79 Å². The molecule has 0 aliphatic carbocycles. The van der Waals surface area contributed by atoms with Crippen LogP contribution >= 0.6 is 0 Å². The SMILES string of the molecule is O=C([O-])CC[C@H]1CN(C(=O)c2ccccc2)c2ccccc21. The first-order chi connectivity index (χ1) is 10.7. The van der Waals surface area contributed by atoms with Crippen molar-refractivity contribution >= 4 is 17.6 Å². The monoisotopic (exact) mass is 294 g/mol. The highest BCUT2D eigenvalue weighted by Crippen LogP contribution is 2.39. The second-order valence-electron chi connectivity index (χ2n) is 5.45. The van der Waals surface area contributed by atoms with Gasteiger partial charge in [-0.25, -0.2) is 0 Å². The van der Waals surface area contributed by atoms with E-state index >= 15 is 0 Å². The van der Waals surface area contributed by atoms with Crippen LogP contribution in [-0.4, -0.2) is 18.4 Å². The molecule has 0 saturated heterocycles. The van der Waals surface area contributed by atoms with E-state index in [9.17, 15) is 14.7 Å². The summed E-state index contributed by atoms with van der Waals surface area (Å²) in [4.78, 5) is 25.1. The predicted molar refractivity (Wildman–Crippen MR) is 81.5 cm³/mol. The molecule has 1 aliphatic rings. The van der Waals surface area contributed by atoms with E-state index in [4.69, 9.17) is 0 Å². The summed E-state index contributed by atoms with van der Waals surface area (Å²) in [5.74, 6) is -1.06. The van der Waals surface area contributed by atoms with E-state index in [0.29, 0.717) is 18.5 Å². The number of hydrogen-bond donors (Lipinski definition) is 0. The Morgan fingerprint density at radius 1 is 1.05 bits per heavy atom. The number of para-hydroxylation sites is 1. The van der Waals surface area contributed by atoms with Crippen LogP contribution in [0.15, 0.2) is 54.6 Å². The van der Waals surface area contributed by atoms with Crippen molar-refractivity contribution in [2.24, 2.45) is 0 Å². The largest absolute Gasteiger partial charge is 0.550 e. The van der Waals surface area contributed by atoms with Gasteiger partial charge in [-0.1, -0.05) is 36.4 Å². The van der Waals surface area contributed by atoms with E-state index < -0.39 is 5.97 Å². The molecular weight excluding hydrogens is 278 g/mol. The first kappa shape index (κ1) is 14.3. The highest BCUT2D eigenvalue weighted by atomic mass is 16.4. The molecule has 1 aliphatic heterocycles. The quantitative estimate of drug-likeness (QED) is 0.866. The van der Waals surface area contributed by atoms with Crippen LogP contribution in [0.4, 0.5) is 5.69 Å². The Bertz CT molecular complexity index is 696. The third-order valence-corrected chi connectivity index (χ3v) is 4.03. The number of benzene rings is 2. The number of anilines is 1. The number of aliphatic carboxylic acids is 1. The summed E-state index contributed by atoms with van der Waals surface area (Å²) in [6.07, 6.45) is 0.490. The zero-order valence-corrected chi connectivity index (χ0v) is 12.1. The third kappa shape index (κ3) is 2.72. The second kappa shape index (κ2) is 6.02. The number of carbonyl (C=O) groups excluding carboxylic acids is 2. The number of carbonyl (C=O) groups is 2. The average Bonchev–Trinajstić information content (AvgIpc) is 2.92. The molecule has 22 heavy (non-hydrogen) atoms. The van der Waals surface area contributed by atoms with E-state index in [1.54, 1.807) is 17.0 Å². The first-order valence-corrected chi connectivity index (χ1v) is 7.32. The van der Waals surface area contributed by atoms with Gasteiger partial charge in [-0.05, 0) is 36.6 Å². The maximum absolute atomic E-state index is 12.7. The highest BCUT2D eigenvalue weighted by molar-refractivity contribution is 6.07. The van der Waals surface area contributed by atoms with Gasteiger partial charge in [0.15, 0.2) is 0 Å². The van der Waals surface area contributed by atoms with Crippen molar-refractivity contribution in [3.63, 3.8) is 0 Å². The summed E-state index contributed by atoms with van der Waals surface area (Å²) in [6.45, 7) is 0.514. The van der Waals surface area contributed by atoms with Crippen molar-refractivity contribution in [2.75, 3.05) is 11.4 Å². The number of amides is 1. The maximum Gasteiger partial charge on any atom is 0.258 e. The summed E-state index contributed by atoms with van der Waals surface area (Å²) in [6, 6.07) is 16.8. The lowest BCUT2D eigenvalue weighted by atomic mass is 9.96. The van der Waals surface area contributed by atoms with Gasteiger partial charge >= 0.3 is 0 Å². The molecule has 0 bridgehead atoms. The predicted octanol–water partition coefficient (Wildman–Crippen LogP) is 1.96. The van der Waals surface area contributed by atoms with Gasteiger partial charge < -0.3 is 14.8 Å². The van der Waals surface area contributed by atoms with Crippen molar-refractivity contribution in [3.05, 3.63) is 65.7 Å². The molecule has 112 valence electrons. The van der Waals surface area contributed by atoms with Crippen LogP contribution in [0.2, 0.25) is 0 Å². The first-order valence-electron chi connectivity index (χ1n) is 7.32.